The molecule has 1 aromatic carbocycles. The number of hydrogen-bond acceptors (Lipinski definition) is 2. The van der Waals surface area contributed by atoms with Crippen molar-refractivity contribution >= 4 is 0 Å². The molecule has 2 nitrogen and oxygen atoms in total. The van der Waals surface area contributed by atoms with E-state index in [1.165, 1.54) is 6.07 Å². The number of ether oxygens (including phenoxy) is 1. The average molecular weight is 265 g/mol. The first kappa shape index (κ1) is 14.5. The highest BCUT2D eigenvalue weighted by molar-refractivity contribution is 5.16. The Bertz CT molecular complexity index is 419. The second-order valence-electron chi connectivity index (χ2n) is 5.89. The molecule has 0 spiro atoms. The number of halogens is 1. The molecular formula is C16H24FNO. The quantitative estimate of drug-likeness (QED) is 0.853. The zero-order valence-electron chi connectivity index (χ0n) is 12.1. The second kappa shape index (κ2) is 6.02. The van der Waals surface area contributed by atoms with Crippen molar-refractivity contribution in [2.45, 2.75) is 45.8 Å². The summed E-state index contributed by atoms with van der Waals surface area (Å²) in [5.41, 5.74) is 1.24. The van der Waals surface area contributed by atoms with E-state index in [1.807, 2.05) is 13.0 Å². The topological polar surface area (TPSA) is 21.3 Å². The molecular weight excluding hydrogens is 241 g/mol. The lowest BCUT2D eigenvalue weighted by atomic mass is 9.64. The molecule has 0 amide bonds. The highest BCUT2D eigenvalue weighted by Gasteiger charge is 2.48. The molecule has 1 aromatic rings. The Morgan fingerprint density at radius 1 is 1.42 bits per heavy atom. The fourth-order valence-corrected chi connectivity index (χ4v) is 2.80. The fourth-order valence-electron chi connectivity index (χ4n) is 2.80. The maximum atomic E-state index is 13.1. The van der Waals surface area contributed by atoms with Crippen LogP contribution < -0.4 is 5.32 Å². The summed E-state index contributed by atoms with van der Waals surface area (Å²) in [5, 5.41) is 3.56. The molecule has 1 saturated carbocycles. The smallest absolute Gasteiger partial charge is 0.123 e. The Hall–Kier alpha value is -0.930. The first-order chi connectivity index (χ1) is 9.04. The van der Waals surface area contributed by atoms with Crippen molar-refractivity contribution in [1.82, 2.24) is 5.32 Å². The lowest BCUT2D eigenvalue weighted by Gasteiger charge is -2.52. The van der Waals surface area contributed by atoms with E-state index in [9.17, 15) is 4.39 Å². The number of hydrogen-bond donors (Lipinski definition) is 1. The van der Waals surface area contributed by atoms with Gasteiger partial charge in [0.15, 0.2) is 0 Å². The summed E-state index contributed by atoms with van der Waals surface area (Å²) in [7, 11) is 0. The van der Waals surface area contributed by atoms with E-state index < -0.39 is 0 Å². The Labute approximate surface area is 115 Å². The van der Waals surface area contributed by atoms with Crippen molar-refractivity contribution in [3.05, 3.63) is 35.6 Å². The van der Waals surface area contributed by atoms with Gasteiger partial charge in [0.05, 0.1) is 6.10 Å². The zero-order chi connectivity index (χ0) is 13.9. The normalized spacial score (nSPS) is 25.1. The predicted octanol–water partition coefficient (Wildman–Crippen LogP) is 3.16. The van der Waals surface area contributed by atoms with E-state index in [0.29, 0.717) is 12.1 Å². The number of nitrogens with one attached hydrogen (secondary N) is 1. The van der Waals surface area contributed by atoms with Gasteiger partial charge in [-0.15, -0.1) is 0 Å². The standard InChI is InChI=1S/C16H24FNO/c1-4-19-15-11-14(16(15,2)3)18-9-8-12-6-5-7-13(17)10-12/h5-7,10,14-15,18H,4,8-9,11H2,1-3H3. The Morgan fingerprint density at radius 2 is 2.21 bits per heavy atom. The van der Waals surface area contributed by atoms with Crippen LogP contribution in [-0.4, -0.2) is 25.3 Å². The molecule has 2 atom stereocenters. The maximum Gasteiger partial charge on any atom is 0.123 e. The molecule has 0 aliphatic heterocycles. The Morgan fingerprint density at radius 3 is 2.84 bits per heavy atom. The summed E-state index contributed by atoms with van der Waals surface area (Å²) >= 11 is 0. The first-order valence-electron chi connectivity index (χ1n) is 7.13. The molecule has 0 saturated heterocycles. The van der Waals surface area contributed by atoms with E-state index >= 15 is 0 Å². The van der Waals surface area contributed by atoms with E-state index in [-0.39, 0.29) is 11.2 Å². The van der Waals surface area contributed by atoms with Crippen molar-refractivity contribution in [2.75, 3.05) is 13.2 Å². The molecule has 19 heavy (non-hydrogen) atoms. The monoisotopic (exact) mass is 265 g/mol. The van der Waals surface area contributed by atoms with Crippen LogP contribution in [0.3, 0.4) is 0 Å². The molecule has 0 aromatic heterocycles. The minimum absolute atomic E-state index is 0.155. The van der Waals surface area contributed by atoms with Crippen molar-refractivity contribution in [3.8, 4) is 0 Å². The van der Waals surface area contributed by atoms with Crippen LogP contribution in [0.25, 0.3) is 0 Å². The SMILES string of the molecule is CCOC1CC(NCCc2cccc(F)c2)C1(C)C. The van der Waals surface area contributed by atoms with E-state index in [0.717, 1.165) is 31.6 Å². The largest absolute Gasteiger partial charge is 0.378 e. The highest BCUT2D eigenvalue weighted by atomic mass is 19.1. The van der Waals surface area contributed by atoms with Crippen molar-refractivity contribution in [3.63, 3.8) is 0 Å². The summed E-state index contributed by atoms with van der Waals surface area (Å²) < 4.78 is 18.8. The van der Waals surface area contributed by atoms with Gasteiger partial charge in [0, 0.05) is 18.1 Å². The maximum absolute atomic E-state index is 13.1. The van der Waals surface area contributed by atoms with Gasteiger partial charge in [-0.25, -0.2) is 4.39 Å². The van der Waals surface area contributed by atoms with Crippen LogP contribution in [0, 0.1) is 11.2 Å². The van der Waals surface area contributed by atoms with Crippen LogP contribution in [0.5, 0.6) is 0 Å². The van der Waals surface area contributed by atoms with Crippen LogP contribution in [0.15, 0.2) is 24.3 Å². The summed E-state index contributed by atoms with van der Waals surface area (Å²) in [5.74, 6) is -0.155. The highest BCUT2D eigenvalue weighted by Crippen LogP contribution is 2.42. The van der Waals surface area contributed by atoms with Gasteiger partial charge in [-0.1, -0.05) is 26.0 Å². The fraction of sp³-hybridized carbons (Fsp3) is 0.625. The summed E-state index contributed by atoms with van der Waals surface area (Å²) in [6.45, 7) is 8.20. The van der Waals surface area contributed by atoms with Crippen molar-refractivity contribution in [1.29, 1.82) is 0 Å². The van der Waals surface area contributed by atoms with Gasteiger partial charge in [-0.3, -0.25) is 0 Å². The van der Waals surface area contributed by atoms with Gasteiger partial charge in [0.1, 0.15) is 5.82 Å². The molecule has 0 bridgehead atoms. The molecule has 3 heteroatoms. The number of rotatable bonds is 6. The number of benzene rings is 1. The molecule has 1 fully saturated rings. The van der Waals surface area contributed by atoms with Gasteiger partial charge in [-0.05, 0) is 44.0 Å². The third kappa shape index (κ3) is 3.34. The van der Waals surface area contributed by atoms with Crippen LogP contribution in [0.4, 0.5) is 4.39 Å². The van der Waals surface area contributed by atoms with Gasteiger partial charge < -0.3 is 10.1 Å². The predicted molar refractivity (Wildman–Crippen MR) is 75.7 cm³/mol. The van der Waals surface area contributed by atoms with E-state index in [1.54, 1.807) is 12.1 Å². The van der Waals surface area contributed by atoms with Crippen LogP contribution >= 0.6 is 0 Å². The lowest BCUT2D eigenvalue weighted by molar-refractivity contribution is -0.113. The zero-order valence-corrected chi connectivity index (χ0v) is 12.1. The molecule has 2 rings (SSSR count). The van der Waals surface area contributed by atoms with E-state index in [4.69, 9.17) is 4.74 Å². The van der Waals surface area contributed by atoms with Crippen molar-refractivity contribution < 1.29 is 9.13 Å². The molecule has 1 aliphatic rings. The third-order valence-corrected chi connectivity index (χ3v) is 4.24. The summed E-state index contributed by atoms with van der Waals surface area (Å²) in [4.78, 5) is 0. The van der Waals surface area contributed by atoms with Gasteiger partial charge in [0.2, 0.25) is 0 Å². The van der Waals surface area contributed by atoms with Gasteiger partial charge in [-0.2, -0.15) is 0 Å². The second-order valence-corrected chi connectivity index (χ2v) is 5.89. The van der Waals surface area contributed by atoms with Crippen LogP contribution in [0.1, 0.15) is 32.8 Å². The van der Waals surface area contributed by atoms with Gasteiger partial charge in [0.25, 0.3) is 0 Å². The minimum atomic E-state index is -0.155. The molecule has 0 heterocycles. The summed E-state index contributed by atoms with van der Waals surface area (Å²) in [6, 6.07) is 7.33. The van der Waals surface area contributed by atoms with Crippen LogP contribution in [0.2, 0.25) is 0 Å². The molecule has 106 valence electrons. The first-order valence-corrected chi connectivity index (χ1v) is 7.13. The Kier molecular flexibility index (Phi) is 4.58. The average Bonchev–Trinajstić information content (AvgIpc) is 2.37. The molecule has 2 unspecified atom stereocenters. The molecule has 0 radical (unpaired) electrons. The van der Waals surface area contributed by atoms with Crippen LogP contribution in [-0.2, 0) is 11.2 Å². The molecule has 1 aliphatic carbocycles. The van der Waals surface area contributed by atoms with Gasteiger partial charge >= 0.3 is 0 Å². The molecule has 1 N–H and O–H groups in total. The lowest BCUT2D eigenvalue weighted by Crippen LogP contribution is -2.61. The third-order valence-electron chi connectivity index (χ3n) is 4.24. The Balaban J connectivity index is 1.75. The van der Waals surface area contributed by atoms with Crippen molar-refractivity contribution in [2.24, 2.45) is 5.41 Å². The van der Waals surface area contributed by atoms with E-state index in [2.05, 4.69) is 19.2 Å². The summed E-state index contributed by atoms with van der Waals surface area (Å²) in [6.07, 6.45) is 2.30. The minimum Gasteiger partial charge on any atom is -0.378 e.